The first-order chi connectivity index (χ1) is 17.9. The van der Waals surface area contributed by atoms with Crippen LogP contribution in [-0.2, 0) is 14.2 Å². The van der Waals surface area contributed by atoms with Gasteiger partial charge in [-0.15, -0.1) is 0 Å². The van der Waals surface area contributed by atoms with E-state index < -0.39 is 35.1 Å². The molecule has 0 bridgehead atoms. The zero-order chi connectivity index (χ0) is 30.3. The SMILES string of the molecule is [C-]#[N+]CCN(CCCCN(CCCN(CCC#N)C(=O)OC(C)(C)C)C(=O)OC(C)(C)C)C(=O)OC(C)(C)C. The zero-order valence-corrected chi connectivity index (χ0v) is 25.5. The summed E-state index contributed by atoms with van der Waals surface area (Å²) in [7, 11) is 0. The lowest BCUT2D eigenvalue weighted by molar-refractivity contribution is 0.0187. The van der Waals surface area contributed by atoms with E-state index >= 15 is 0 Å². The Hall–Kier alpha value is -3.21. The molecule has 0 rings (SSSR count). The summed E-state index contributed by atoms with van der Waals surface area (Å²) in [4.78, 5) is 46.0. The summed E-state index contributed by atoms with van der Waals surface area (Å²) in [6, 6.07) is 2.05. The Morgan fingerprint density at radius 1 is 0.641 bits per heavy atom. The Balaban J connectivity index is 5.22. The number of carbonyl (C=O) groups excluding carboxylic acids is 3. The van der Waals surface area contributed by atoms with Crippen molar-refractivity contribution >= 4 is 18.3 Å². The maximum atomic E-state index is 12.9. The molecule has 0 spiro atoms. The standard InChI is InChI=1S/C28H49N5O6/c1-26(2,3)37-23(34)31(20-14-21-32(19-13-15-29)24(35)38-27(4,5)6)17-11-12-18-33(22-16-30-10)25(36)39-28(7,8)9/h11-14,16-22H2,1-9H3. The minimum atomic E-state index is -0.669. The van der Waals surface area contributed by atoms with Gasteiger partial charge < -0.3 is 33.8 Å². The molecule has 0 unspecified atom stereocenters. The fraction of sp³-hybridized carbons (Fsp3) is 0.821. The quantitative estimate of drug-likeness (QED) is 0.164. The van der Waals surface area contributed by atoms with E-state index in [-0.39, 0.29) is 26.1 Å². The van der Waals surface area contributed by atoms with Crippen LogP contribution in [-0.4, -0.2) is 95.6 Å². The van der Waals surface area contributed by atoms with Crippen LogP contribution >= 0.6 is 0 Å². The molecule has 222 valence electrons. The van der Waals surface area contributed by atoms with Crippen molar-refractivity contribution in [1.82, 2.24) is 14.7 Å². The van der Waals surface area contributed by atoms with Crippen molar-refractivity contribution in [3.63, 3.8) is 0 Å². The number of rotatable bonds is 13. The van der Waals surface area contributed by atoms with E-state index in [1.54, 1.807) is 67.2 Å². The van der Waals surface area contributed by atoms with E-state index in [1.807, 2.05) is 6.07 Å². The average molecular weight is 552 g/mol. The summed E-state index contributed by atoms with van der Waals surface area (Å²) in [6.45, 7) is 25.3. The van der Waals surface area contributed by atoms with Gasteiger partial charge in [-0.25, -0.2) is 21.0 Å². The Morgan fingerprint density at radius 3 is 1.31 bits per heavy atom. The van der Waals surface area contributed by atoms with Gasteiger partial charge in [0.05, 0.1) is 19.0 Å². The van der Waals surface area contributed by atoms with Crippen LogP contribution in [0.25, 0.3) is 4.85 Å². The molecule has 11 heteroatoms. The normalized spacial score (nSPS) is 11.6. The van der Waals surface area contributed by atoms with Gasteiger partial charge in [0.2, 0.25) is 6.54 Å². The van der Waals surface area contributed by atoms with E-state index in [9.17, 15) is 14.4 Å². The van der Waals surface area contributed by atoms with Crippen molar-refractivity contribution < 1.29 is 28.6 Å². The van der Waals surface area contributed by atoms with Crippen LogP contribution in [0.3, 0.4) is 0 Å². The van der Waals surface area contributed by atoms with Crippen LogP contribution in [0.4, 0.5) is 14.4 Å². The summed E-state index contributed by atoms with van der Waals surface area (Å²) in [5.74, 6) is 0. The van der Waals surface area contributed by atoms with Gasteiger partial charge in [0.15, 0.2) is 0 Å². The molecule has 0 aromatic heterocycles. The molecule has 0 heterocycles. The molecular weight excluding hydrogens is 502 g/mol. The zero-order valence-electron chi connectivity index (χ0n) is 25.5. The lowest BCUT2D eigenvalue weighted by Crippen LogP contribution is -2.41. The number of hydrogen-bond acceptors (Lipinski definition) is 7. The number of carbonyl (C=O) groups is 3. The first-order valence-electron chi connectivity index (χ1n) is 13.5. The molecule has 0 aliphatic carbocycles. The first kappa shape index (κ1) is 35.8. The molecule has 0 radical (unpaired) electrons. The highest BCUT2D eigenvalue weighted by molar-refractivity contribution is 5.69. The number of unbranched alkanes of at least 4 members (excludes halogenated alkanes) is 1. The van der Waals surface area contributed by atoms with Crippen LogP contribution in [0, 0.1) is 17.9 Å². The maximum absolute atomic E-state index is 12.9. The van der Waals surface area contributed by atoms with Gasteiger partial charge in [0.25, 0.3) is 0 Å². The van der Waals surface area contributed by atoms with Gasteiger partial charge in [-0.1, -0.05) is 0 Å². The van der Waals surface area contributed by atoms with Gasteiger partial charge in [0.1, 0.15) is 16.8 Å². The average Bonchev–Trinajstić information content (AvgIpc) is 2.75. The van der Waals surface area contributed by atoms with Crippen molar-refractivity contribution in [2.45, 2.75) is 105 Å². The molecule has 11 nitrogen and oxygen atoms in total. The number of hydrogen-bond donors (Lipinski definition) is 0. The second kappa shape index (κ2) is 16.7. The third kappa shape index (κ3) is 18.6. The fourth-order valence-electron chi connectivity index (χ4n) is 3.28. The molecule has 0 N–H and O–H groups in total. The Bertz CT molecular complexity index is 858. The molecule has 3 amide bonds. The lowest BCUT2D eigenvalue weighted by atomic mass is 10.2. The van der Waals surface area contributed by atoms with Crippen molar-refractivity contribution in [1.29, 1.82) is 5.26 Å². The molecule has 0 aliphatic rings. The summed E-state index contributed by atoms with van der Waals surface area (Å²) < 4.78 is 16.5. The minimum Gasteiger partial charge on any atom is -0.444 e. The van der Waals surface area contributed by atoms with Crippen LogP contribution in [0.2, 0.25) is 0 Å². The van der Waals surface area contributed by atoms with E-state index in [2.05, 4.69) is 4.85 Å². The minimum absolute atomic E-state index is 0.177. The monoisotopic (exact) mass is 551 g/mol. The van der Waals surface area contributed by atoms with Crippen LogP contribution in [0.1, 0.15) is 88.0 Å². The van der Waals surface area contributed by atoms with Gasteiger partial charge in [-0.2, -0.15) is 5.26 Å². The largest absolute Gasteiger partial charge is 0.444 e. The smallest absolute Gasteiger partial charge is 0.410 e. The van der Waals surface area contributed by atoms with Crippen molar-refractivity contribution in [3.8, 4) is 6.07 Å². The topological polar surface area (TPSA) is 117 Å². The lowest BCUT2D eigenvalue weighted by Gasteiger charge is -2.30. The maximum Gasteiger partial charge on any atom is 0.410 e. The molecule has 0 saturated carbocycles. The number of ether oxygens (including phenoxy) is 3. The Morgan fingerprint density at radius 2 is 0.974 bits per heavy atom. The number of amides is 3. The molecule has 39 heavy (non-hydrogen) atoms. The van der Waals surface area contributed by atoms with E-state index in [0.717, 1.165) is 0 Å². The molecule has 0 aliphatic heterocycles. The van der Waals surface area contributed by atoms with Crippen molar-refractivity contribution in [2.75, 3.05) is 45.8 Å². The third-order valence-corrected chi connectivity index (χ3v) is 4.89. The molecule has 0 atom stereocenters. The van der Waals surface area contributed by atoms with Gasteiger partial charge in [0, 0.05) is 32.7 Å². The highest BCUT2D eigenvalue weighted by Crippen LogP contribution is 2.14. The third-order valence-electron chi connectivity index (χ3n) is 4.89. The van der Waals surface area contributed by atoms with E-state index in [4.69, 9.17) is 26.0 Å². The second-order valence-electron chi connectivity index (χ2n) is 12.3. The highest BCUT2D eigenvalue weighted by atomic mass is 16.6. The molecule has 0 aromatic carbocycles. The number of nitriles is 1. The fourth-order valence-corrected chi connectivity index (χ4v) is 3.28. The Kier molecular flexibility index (Phi) is 15.3. The van der Waals surface area contributed by atoms with Crippen LogP contribution < -0.4 is 0 Å². The van der Waals surface area contributed by atoms with Crippen molar-refractivity contribution in [3.05, 3.63) is 11.4 Å². The summed E-state index contributed by atoms with van der Waals surface area (Å²) >= 11 is 0. The van der Waals surface area contributed by atoms with Gasteiger partial charge in [-0.05, 0) is 81.6 Å². The molecular formula is C28H49N5O6. The van der Waals surface area contributed by atoms with E-state index in [1.165, 1.54) is 9.80 Å². The van der Waals surface area contributed by atoms with Crippen LogP contribution in [0.15, 0.2) is 0 Å². The van der Waals surface area contributed by atoms with Gasteiger partial charge >= 0.3 is 18.3 Å². The molecule has 0 fully saturated rings. The first-order valence-corrected chi connectivity index (χ1v) is 13.5. The predicted molar refractivity (Wildman–Crippen MR) is 149 cm³/mol. The van der Waals surface area contributed by atoms with Crippen LogP contribution in [0.5, 0.6) is 0 Å². The van der Waals surface area contributed by atoms with Crippen molar-refractivity contribution in [2.24, 2.45) is 0 Å². The predicted octanol–water partition coefficient (Wildman–Crippen LogP) is 5.70. The molecule has 0 saturated heterocycles. The highest BCUT2D eigenvalue weighted by Gasteiger charge is 2.25. The second-order valence-corrected chi connectivity index (χ2v) is 12.3. The molecule has 0 aromatic rings. The summed E-state index contributed by atoms with van der Waals surface area (Å²) in [5, 5.41) is 8.98. The van der Waals surface area contributed by atoms with Gasteiger partial charge in [-0.3, -0.25) is 0 Å². The summed E-state index contributed by atoms with van der Waals surface area (Å²) in [6.07, 6.45) is 0.428. The Labute approximate surface area is 235 Å². The summed E-state index contributed by atoms with van der Waals surface area (Å²) in [5.41, 5.74) is -1.97. The van der Waals surface area contributed by atoms with E-state index in [0.29, 0.717) is 45.4 Å². The number of nitrogens with zero attached hydrogens (tertiary/aromatic N) is 5.